The van der Waals surface area contributed by atoms with Gasteiger partial charge in [0.2, 0.25) is 0 Å². The van der Waals surface area contributed by atoms with Crippen LogP contribution in [0.1, 0.15) is 41.0 Å². The Morgan fingerprint density at radius 1 is 0.857 bits per heavy atom. The van der Waals surface area contributed by atoms with E-state index in [2.05, 4.69) is 4.74 Å². The van der Waals surface area contributed by atoms with Gasteiger partial charge in [-0.25, -0.2) is 0 Å². The number of carbonyl (C=O) groups excluding carboxylic acids is 1. The maximum atomic E-state index is 13.8. The van der Waals surface area contributed by atoms with Crippen molar-refractivity contribution in [2.75, 3.05) is 0 Å². The molecular weight excluding hydrogens is 309 g/mol. The van der Waals surface area contributed by atoms with Gasteiger partial charge in [-0.05, 0) is 20.3 Å². The number of alkyl halides is 7. The van der Waals surface area contributed by atoms with E-state index in [1.165, 1.54) is 20.8 Å². The normalized spacial score (nSPS) is 17.3. The van der Waals surface area contributed by atoms with Crippen LogP contribution in [0.4, 0.5) is 30.7 Å². The first kappa shape index (κ1) is 20.0. The molecule has 0 amide bonds. The van der Waals surface area contributed by atoms with Gasteiger partial charge in [-0.1, -0.05) is 6.92 Å². The van der Waals surface area contributed by atoms with Gasteiger partial charge in [-0.15, -0.1) is 0 Å². The molecular formula is C12H17F7O2. The number of carbonyl (C=O) groups is 1. The average molecular weight is 326 g/mol. The first-order chi connectivity index (χ1) is 8.94. The Balaban J connectivity index is 5.56. The summed E-state index contributed by atoms with van der Waals surface area (Å²) in [7, 11) is 0. The molecule has 1 atom stereocenters. The topological polar surface area (TPSA) is 26.3 Å². The molecule has 0 aliphatic heterocycles. The number of ether oxygens (including phenoxy) is 1. The van der Waals surface area contributed by atoms with Crippen LogP contribution in [0.25, 0.3) is 0 Å². The zero-order valence-corrected chi connectivity index (χ0v) is 12.2. The predicted molar refractivity (Wildman–Crippen MR) is 60.2 cm³/mol. The van der Waals surface area contributed by atoms with Crippen LogP contribution in [0.2, 0.25) is 0 Å². The fourth-order valence-electron chi connectivity index (χ4n) is 1.08. The Hall–Kier alpha value is -1.02. The molecule has 9 heteroatoms. The van der Waals surface area contributed by atoms with Gasteiger partial charge >= 0.3 is 29.6 Å². The largest absolute Gasteiger partial charge is 0.421 e. The van der Waals surface area contributed by atoms with Crippen LogP contribution < -0.4 is 0 Å². The van der Waals surface area contributed by atoms with Crippen LogP contribution in [0.3, 0.4) is 0 Å². The van der Waals surface area contributed by atoms with Crippen molar-refractivity contribution in [1.82, 2.24) is 0 Å². The fourth-order valence-corrected chi connectivity index (χ4v) is 1.08. The van der Waals surface area contributed by atoms with E-state index in [1.54, 1.807) is 0 Å². The Morgan fingerprint density at radius 3 is 1.52 bits per heavy atom. The molecule has 0 rings (SSSR count). The third-order valence-corrected chi connectivity index (χ3v) is 3.23. The molecule has 0 bridgehead atoms. The number of hydrogen-bond donors (Lipinski definition) is 0. The van der Waals surface area contributed by atoms with Gasteiger partial charge in [0.1, 0.15) is 0 Å². The van der Waals surface area contributed by atoms with E-state index in [0.717, 1.165) is 0 Å². The second kappa shape index (κ2) is 5.31. The van der Waals surface area contributed by atoms with E-state index in [1.807, 2.05) is 0 Å². The van der Waals surface area contributed by atoms with E-state index >= 15 is 0 Å². The van der Waals surface area contributed by atoms with Crippen LogP contribution in [0.15, 0.2) is 0 Å². The highest BCUT2D eigenvalue weighted by atomic mass is 19.3. The van der Waals surface area contributed by atoms with Crippen LogP contribution in [-0.4, -0.2) is 29.6 Å². The minimum absolute atomic E-state index is 0.0355. The van der Waals surface area contributed by atoms with Crippen molar-refractivity contribution in [2.45, 2.75) is 64.7 Å². The Kier molecular flexibility index (Phi) is 5.06. The van der Waals surface area contributed by atoms with E-state index in [0.29, 0.717) is 0 Å². The number of hydrogen-bond acceptors (Lipinski definition) is 2. The highest BCUT2D eigenvalue weighted by Gasteiger charge is 2.78. The standard InChI is InChI=1S/C12H17F7O2/c1-6-8(2,3)7(20)21-10(5,15)12(18,19)11(16,17)9(4,13)14/h6H2,1-5H3. The molecule has 0 radical (unpaired) electrons. The van der Waals surface area contributed by atoms with E-state index in [-0.39, 0.29) is 13.3 Å². The van der Waals surface area contributed by atoms with Gasteiger partial charge in [0, 0.05) is 13.8 Å². The molecule has 0 saturated carbocycles. The molecule has 0 aromatic rings. The first-order valence-corrected chi connectivity index (χ1v) is 6.00. The lowest BCUT2D eigenvalue weighted by Crippen LogP contribution is -2.63. The molecule has 2 nitrogen and oxygen atoms in total. The van der Waals surface area contributed by atoms with Crippen molar-refractivity contribution in [2.24, 2.45) is 5.41 Å². The van der Waals surface area contributed by atoms with E-state index in [9.17, 15) is 35.5 Å². The summed E-state index contributed by atoms with van der Waals surface area (Å²) in [6.07, 6.45) is 0.0355. The molecule has 0 heterocycles. The lowest BCUT2D eigenvalue weighted by molar-refractivity contribution is -0.375. The lowest BCUT2D eigenvalue weighted by Gasteiger charge is -2.38. The van der Waals surface area contributed by atoms with Gasteiger partial charge in [0.05, 0.1) is 5.41 Å². The molecule has 0 aliphatic carbocycles. The summed E-state index contributed by atoms with van der Waals surface area (Å²) in [5, 5.41) is 0. The summed E-state index contributed by atoms with van der Waals surface area (Å²) >= 11 is 0. The monoisotopic (exact) mass is 326 g/mol. The molecule has 1 unspecified atom stereocenters. The van der Waals surface area contributed by atoms with Crippen molar-refractivity contribution in [3.05, 3.63) is 0 Å². The van der Waals surface area contributed by atoms with Gasteiger partial charge in [-0.3, -0.25) is 4.79 Å². The Labute approximate surface area is 117 Å². The quantitative estimate of drug-likeness (QED) is 0.528. The Bertz CT molecular complexity index is 397. The average Bonchev–Trinajstić information content (AvgIpc) is 2.26. The molecule has 0 N–H and O–H groups in total. The van der Waals surface area contributed by atoms with Crippen molar-refractivity contribution in [3.63, 3.8) is 0 Å². The van der Waals surface area contributed by atoms with E-state index < -0.39 is 41.9 Å². The molecule has 126 valence electrons. The smallest absolute Gasteiger partial charge is 0.383 e. The van der Waals surface area contributed by atoms with Gasteiger partial charge in [-0.2, -0.15) is 30.7 Å². The maximum absolute atomic E-state index is 13.8. The zero-order valence-electron chi connectivity index (χ0n) is 12.2. The molecule has 0 aliphatic rings. The molecule has 0 saturated heterocycles. The first-order valence-electron chi connectivity index (χ1n) is 6.00. The highest BCUT2D eigenvalue weighted by molar-refractivity contribution is 5.76. The Morgan fingerprint density at radius 2 is 1.24 bits per heavy atom. The minimum atomic E-state index is -6.04. The van der Waals surface area contributed by atoms with Crippen LogP contribution in [0.5, 0.6) is 0 Å². The fraction of sp³-hybridized carbons (Fsp3) is 0.917. The predicted octanol–water partition coefficient (Wildman–Crippen LogP) is 4.58. The van der Waals surface area contributed by atoms with Crippen molar-refractivity contribution < 1.29 is 40.3 Å². The third kappa shape index (κ3) is 3.42. The molecule has 0 aromatic carbocycles. The lowest BCUT2D eigenvalue weighted by atomic mass is 9.90. The summed E-state index contributed by atoms with van der Waals surface area (Å²) < 4.78 is 95.9. The molecule has 0 spiro atoms. The maximum Gasteiger partial charge on any atom is 0.383 e. The van der Waals surface area contributed by atoms with Crippen LogP contribution in [-0.2, 0) is 9.53 Å². The zero-order chi connectivity index (χ0) is 17.5. The molecule has 21 heavy (non-hydrogen) atoms. The second-order valence-corrected chi connectivity index (χ2v) is 5.58. The van der Waals surface area contributed by atoms with Crippen LogP contribution in [0, 0.1) is 5.41 Å². The third-order valence-electron chi connectivity index (χ3n) is 3.23. The summed E-state index contributed by atoms with van der Waals surface area (Å²) in [5.41, 5.74) is -1.44. The number of rotatable bonds is 6. The van der Waals surface area contributed by atoms with E-state index in [4.69, 9.17) is 0 Å². The van der Waals surface area contributed by atoms with Gasteiger partial charge in [0.25, 0.3) is 0 Å². The SMILES string of the molecule is CCC(C)(C)C(=O)OC(C)(F)C(F)(F)C(F)(F)C(C)(F)F. The number of halogens is 7. The van der Waals surface area contributed by atoms with Crippen molar-refractivity contribution in [1.29, 1.82) is 0 Å². The van der Waals surface area contributed by atoms with Gasteiger partial charge in [0.15, 0.2) is 0 Å². The van der Waals surface area contributed by atoms with Crippen molar-refractivity contribution >= 4 is 5.97 Å². The molecule has 0 fully saturated rings. The summed E-state index contributed by atoms with van der Waals surface area (Å²) in [6.45, 7) is 3.20. The summed E-state index contributed by atoms with van der Waals surface area (Å²) in [4.78, 5) is 11.5. The van der Waals surface area contributed by atoms with Crippen molar-refractivity contribution in [3.8, 4) is 0 Å². The minimum Gasteiger partial charge on any atom is -0.421 e. The number of esters is 1. The summed E-state index contributed by atoms with van der Waals surface area (Å²) in [6, 6.07) is 0. The van der Waals surface area contributed by atoms with Crippen LogP contribution >= 0.6 is 0 Å². The second-order valence-electron chi connectivity index (χ2n) is 5.58. The highest BCUT2D eigenvalue weighted by Crippen LogP contribution is 2.52. The van der Waals surface area contributed by atoms with Gasteiger partial charge < -0.3 is 4.74 Å². The molecule has 0 aromatic heterocycles. The summed E-state index contributed by atoms with van der Waals surface area (Å²) in [5.74, 6) is -23.3.